The third-order valence-electron chi connectivity index (χ3n) is 3.76. The van der Waals surface area contributed by atoms with Gasteiger partial charge in [0.15, 0.2) is 0 Å². The van der Waals surface area contributed by atoms with Crippen molar-refractivity contribution < 1.29 is 15.0 Å². The van der Waals surface area contributed by atoms with Crippen LogP contribution in [0.1, 0.15) is 23.6 Å². The normalized spacial score (nSPS) is 11.8. The fourth-order valence-corrected chi connectivity index (χ4v) is 2.44. The number of urea groups is 1. The molecule has 5 nitrogen and oxygen atoms in total. The van der Waals surface area contributed by atoms with E-state index in [9.17, 15) is 9.90 Å². The Labute approximate surface area is 142 Å². The number of benzene rings is 2. The first kappa shape index (κ1) is 17.8. The Kier molecular flexibility index (Phi) is 6.63. The van der Waals surface area contributed by atoms with Crippen molar-refractivity contribution >= 4 is 6.03 Å². The minimum atomic E-state index is -0.187. The molecule has 0 bridgehead atoms. The van der Waals surface area contributed by atoms with Crippen LogP contribution in [0.4, 0.5) is 4.79 Å². The lowest BCUT2D eigenvalue weighted by Gasteiger charge is -2.15. The molecule has 2 aromatic rings. The number of phenols is 1. The van der Waals surface area contributed by atoms with Crippen LogP contribution >= 0.6 is 0 Å². The van der Waals surface area contributed by atoms with Gasteiger partial charge in [0.25, 0.3) is 0 Å². The van der Waals surface area contributed by atoms with Crippen molar-refractivity contribution in [2.75, 3.05) is 6.54 Å². The summed E-state index contributed by atoms with van der Waals surface area (Å²) in [4.78, 5) is 11.9. The second-order valence-corrected chi connectivity index (χ2v) is 5.90. The van der Waals surface area contributed by atoms with Gasteiger partial charge in [0.2, 0.25) is 0 Å². The highest BCUT2D eigenvalue weighted by atomic mass is 16.3. The summed E-state index contributed by atoms with van der Waals surface area (Å²) in [6.45, 7) is 2.54. The molecule has 4 N–H and O–H groups in total. The molecule has 5 heteroatoms. The van der Waals surface area contributed by atoms with E-state index in [1.54, 1.807) is 12.1 Å². The number of amides is 2. The van der Waals surface area contributed by atoms with Crippen molar-refractivity contribution in [3.8, 4) is 5.75 Å². The number of aliphatic hydroxyl groups is 1. The summed E-state index contributed by atoms with van der Waals surface area (Å²) in [6, 6.07) is 14.5. The van der Waals surface area contributed by atoms with Crippen LogP contribution in [0.25, 0.3) is 0 Å². The molecule has 0 aliphatic carbocycles. The van der Waals surface area contributed by atoms with Gasteiger partial charge in [0.05, 0.1) is 6.61 Å². The lowest BCUT2D eigenvalue weighted by Crippen LogP contribution is -2.42. The van der Waals surface area contributed by atoms with E-state index in [1.807, 2.05) is 43.3 Å². The second-order valence-electron chi connectivity index (χ2n) is 5.90. The number of hydrogen-bond donors (Lipinski definition) is 4. The van der Waals surface area contributed by atoms with Crippen LogP contribution in [0.3, 0.4) is 0 Å². The highest BCUT2D eigenvalue weighted by Gasteiger charge is 2.07. The standard InChI is InChI=1S/C19H24N2O3/c1-14(12-16-6-8-18(23)9-7-16)21-19(24)20-11-10-15-2-4-17(13-22)5-3-15/h2-9,14,22-23H,10-13H2,1H3,(H2,20,21,24). The molecule has 0 fully saturated rings. The highest BCUT2D eigenvalue weighted by Crippen LogP contribution is 2.11. The number of nitrogens with one attached hydrogen (secondary N) is 2. The summed E-state index contributed by atoms with van der Waals surface area (Å²) < 4.78 is 0. The number of carbonyl (C=O) groups is 1. The Balaban J connectivity index is 1.69. The van der Waals surface area contributed by atoms with E-state index < -0.39 is 0 Å². The molecule has 24 heavy (non-hydrogen) atoms. The van der Waals surface area contributed by atoms with Crippen LogP contribution in [0.15, 0.2) is 48.5 Å². The van der Waals surface area contributed by atoms with Crippen molar-refractivity contribution in [3.05, 3.63) is 65.2 Å². The quantitative estimate of drug-likeness (QED) is 0.630. The monoisotopic (exact) mass is 328 g/mol. The van der Waals surface area contributed by atoms with Crippen LogP contribution in [0.5, 0.6) is 5.75 Å². The van der Waals surface area contributed by atoms with Crippen LogP contribution in [0.2, 0.25) is 0 Å². The lowest BCUT2D eigenvalue weighted by atomic mass is 10.1. The molecule has 1 atom stereocenters. The molecular formula is C19H24N2O3. The molecule has 2 rings (SSSR count). The maximum Gasteiger partial charge on any atom is 0.315 e. The third-order valence-corrected chi connectivity index (χ3v) is 3.76. The SMILES string of the molecule is CC(Cc1ccc(O)cc1)NC(=O)NCCc1ccc(CO)cc1. The van der Waals surface area contributed by atoms with Gasteiger partial charge >= 0.3 is 6.03 Å². The first-order valence-corrected chi connectivity index (χ1v) is 8.08. The summed E-state index contributed by atoms with van der Waals surface area (Å²) >= 11 is 0. The molecule has 0 saturated carbocycles. The van der Waals surface area contributed by atoms with Gasteiger partial charge < -0.3 is 20.8 Å². The van der Waals surface area contributed by atoms with E-state index in [1.165, 1.54) is 0 Å². The van der Waals surface area contributed by atoms with Crippen LogP contribution in [-0.2, 0) is 19.4 Å². The molecule has 0 radical (unpaired) electrons. The Morgan fingerprint density at radius 3 is 2.21 bits per heavy atom. The van der Waals surface area contributed by atoms with Crippen LogP contribution < -0.4 is 10.6 Å². The summed E-state index contributed by atoms with van der Waals surface area (Å²) in [5.41, 5.74) is 3.06. The Morgan fingerprint density at radius 2 is 1.58 bits per heavy atom. The Hall–Kier alpha value is -2.53. The molecule has 2 aromatic carbocycles. The van der Waals surface area contributed by atoms with Crippen molar-refractivity contribution in [2.45, 2.75) is 32.4 Å². The van der Waals surface area contributed by atoms with Crippen LogP contribution in [-0.4, -0.2) is 28.8 Å². The third kappa shape index (κ3) is 5.93. The summed E-state index contributed by atoms with van der Waals surface area (Å²) in [6.07, 6.45) is 1.45. The maximum absolute atomic E-state index is 11.9. The zero-order valence-electron chi connectivity index (χ0n) is 13.8. The maximum atomic E-state index is 11.9. The van der Waals surface area contributed by atoms with Gasteiger partial charge in [-0.05, 0) is 48.6 Å². The fourth-order valence-electron chi connectivity index (χ4n) is 2.44. The van der Waals surface area contributed by atoms with E-state index in [0.29, 0.717) is 13.0 Å². The summed E-state index contributed by atoms with van der Waals surface area (Å²) in [5.74, 6) is 0.240. The van der Waals surface area contributed by atoms with Gasteiger partial charge in [0.1, 0.15) is 5.75 Å². The van der Waals surface area contributed by atoms with E-state index in [0.717, 1.165) is 23.1 Å². The molecule has 0 aliphatic rings. The number of rotatable bonds is 7. The van der Waals surface area contributed by atoms with E-state index >= 15 is 0 Å². The second kappa shape index (κ2) is 8.93. The van der Waals surface area contributed by atoms with Crippen molar-refractivity contribution in [1.82, 2.24) is 10.6 Å². The molecule has 2 amide bonds. The van der Waals surface area contributed by atoms with E-state index in [2.05, 4.69) is 10.6 Å². The number of aromatic hydroxyl groups is 1. The number of phenolic OH excluding ortho intramolecular Hbond substituents is 1. The minimum absolute atomic E-state index is 0.00150. The van der Waals surface area contributed by atoms with Gasteiger partial charge in [-0.25, -0.2) is 4.79 Å². The summed E-state index contributed by atoms with van der Waals surface area (Å²) in [7, 11) is 0. The smallest absolute Gasteiger partial charge is 0.315 e. The fraction of sp³-hybridized carbons (Fsp3) is 0.316. The lowest BCUT2D eigenvalue weighted by molar-refractivity contribution is 0.238. The number of carbonyl (C=O) groups excluding carboxylic acids is 1. The predicted molar refractivity (Wildman–Crippen MR) is 93.9 cm³/mol. The van der Waals surface area contributed by atoms with Gasteiger partial charge in [0, 0.05) is 12.6 Å². The molecular weight excluding hydrogens is 304 g/mol. The topological polar surface area (TPSA) is 81.6 Å². The molecule has 0 aromatic heterocycles. The van der Waals surface area contributed by atoms with Crippen molar-refractivity contribution in [2.24, 2.45) is 0 Å². The van der Waals surface area contributed by atoms with Gasteiger partial charge in [-0.15, -0.1) is 0 Å². The first-order valence-electron chi connectivity index (χ1n) is 8.08. The number of hydrogen-bond acceptors (Lipinski definition) is 3. The first-order chi connectivity index (χ1) is 11.6. The molecule has 0 heterocycles. The minimum Gasteiger partial charge on any atom is -0.508 e. The summed E-state index contributed by atoms with van der Waals surface area (Å²) in [5, 5.41) is 24.0. The number of aliphatic hydroxyl groups excluding tert-OH is 1. The average Bonchev–Trinajstić information content (AvgIpc) is 2.57. The Morgan fingerprint density at radius 1 is 1.00 bits per heavy atom. The van der Waals surface area contributed by atoms with E-state index in [4.69, 9.17) is 5.11 Å². The molecule has 1 unspecified atom stereocenters. The molecule has 0 saturated heterocycles. The van der Waals surface area contributed by atoms with E-state index in [-0.39, 0.29) is 24.4 Å². The molecule has 128 valence electrons. The zero-order valence-corrected chi connectivity index (χ0v) is 13.8. The molecule has 0 aliphatic heterocycles. The van der Waals surface area contributed by atoms with Crippen molar-refractivity contribution in [3.63, 3.8) is 0 Å². The largest absolute Gasteiger partial charge is 0.508 e. The zero-order chi connectivity index (χ0) is 17.4. The Bertz CT molecular complexity index is 639. The van der Waals surface area contributed by atoms with Crippen LogP contribution in [0, 0.1) is 0 Å². The van der Waals surface area contributed by atoms with Gasteiger partial charge in [-0.2, -0.15) is 0 Å². The average molecular weight is 328 g/mol. The van der Waals surface area contributed by atoms with Gasteiger partial charge in [-0.3, -0.25) is 0 Å². The predicted octanol–water partition coefficient (Wildman–Crippen LogP) is 2.36. The van der Waals surface area contributed by atoms with Crippen molar-refractivity contribution in [1.29, 1.82) is 0 Å². The molecule has 0 spiro atoms. The van der Waals surface area contributed by atoms with Gasteiger partial charge in [-0.1, -0.05) is 36.4 Å². The highest BCUT2D eigenvalue weighted by molar-refractivity contribution is 5.74.